The van der Waals surface area contributed by atoms with Crippen LogP contribution in [0, 0.1) is 6.92 Å². The second-order valence-electron chi connectivity index (χ2n) is 4.70. The first-order valence-corrected chi connectivity index (χ1v) is 8.02. The van der Waals surface area contributed by atoms with Crippen LogP contribution < -0.4 is 10.2 Å². The van der Waals surface area contributed by atoms with Crippen LogP contribution in [0.15, 0.2) is 18.2 Å². The van der Waals surface area contributed by atoms with Crippen molar-refractivity contribution in [1.82, 2.24) is 5.32 Å². The third kappa shape index (κ3) is 4.66. The highest BCUT2D eigenvalue weighted by Crippen LogP contribution is 2.20. The molecule has 5 heteroatoms. The Morgan fingerprint density at radius 2 is 2.00 bits per heavy atom. The van der Waals surface area contributed by atoms with Crippen LogP contribution in [0.4, 0.5) is 5.69 Å². The smallest absolute Gasteiger partial charge is 0.149 e. The van der Waals surface area contributed by atoms with Gasteiger partial charge in [0.25, 0.3) is 0 Å². The fraction of sp³-hybridized carbons (Fsp3) is 0.538. The van der Waals surface area contributed by atoms with Crippen LogP contribution in [-0.2, 0) is 16.4 Å². The van der Waals surface area contributed by atoms with Crippen molar-refractivity contribution in [1.29, 1.82) is 0 Å². The van der Waals surface area contributed by atoms with Gasteiger partial charge in [-0.05, 0) is 31.2 Å². The lowest BCUT2D eigenvalue weighted by Crippen LogP contribution is -2.25. The number of benzene rings is 1. The van der Waals surface area contributed by atoms with Gasteiger partial charge < -0.3 is 10.2 Å². The number of nitrogens with one attached hydrogen (secondary N) is 1. The van der Waals surface area contributed by atoms with Crippen LogP contribution in [0.5, 0.6) is 0 Å². The van der Waals surface area contributed by atoms with Gasteiger partial charge in [-0.25, -0.2) is 8.42 Å². The molecule has 0 saturated heterocycles. The van der Waals surface area contributed by atoms with E-state index < -0.39 is 9.84 Å². The van der Waals surface area contributed by atoms with E-state index >= 15 is 0 Å². The van der Waals surface area contributed by atoms with Crippen molar-refractivity contribution in [2.45, 2.75) is 13.5 Å². The highest BCUT2D eigenvalue weighted by Gasteiger charge is 2.08. The van der Waals surface area contributed by atoms with Crippen LogP contribution in [-0.4, -0.2) is 41.1 Å². The summed E-state index contributed by atoms with van der Waals surface area (Å²) >= 11 is 0. The van der Waals surface area contributed by atoms with Crippen LogP contribution in [0.25, 0.3) is 0 Å². The molecule has 0 radical (unpaired) electrons. The van der Waals surface area contributed by atoms with Crippen molar-refractivity contribution in [3.8, 4) is 0 Å². The van der Waals surface area contributed by atoms with Crippen LogP contribution >= 0.6 is 0 Å². The molecule has 0 aliphatic rings. The molecule has 0 atom stereocenters. The van der Waals surface area contributed by atoms with E-state index in [0.29, 0.717) is 6.54 Å². The lowest BCUT2D eigenvalue weighted by Gasteiger charge is -2.21. The molecule has 0 spiro atoms. The summed E-state index contributed by atoms with van der Waals surface area (Å²) in [6, 6.07) is 6.24. The van der Waals surface area contributed by atoms with Crippen molar-refractivity contribution in [2.75, 3.05) is 37.5 Å². The Morgan fingerprint density at radius 3 is 2.50 bits per heavy atom. The first-order chi connectivity index (χ1) is 8.33. The van der Waals surface area contributed by atoms with Crippen molar-refractivity contribution >= 4 is 15.5 Å². The molecule has 0 heterocycles. The van der Waals surface area contributed by atoms with Crippen molar-refractivity contribution in [3.63, 3.8) is 0 Å². The molecule has 4 nitrogen and oxygen atoms in total. The minimum atomic E-state index is -2.91. The van der Waals surface area contributed by atoms with E-state index in [1.807, 2.05) is 32.0 Å². The minimum Gasteiger partial charge on any atom is -0.373 e. The second kappa shape index (κ2) is 6.20. The first kappa shape index (κ1) is 15.0. The van der Waals surface area contributed by atoms with Crippen LogP contribution in [0.1, 0.15) is 11.1 Å². The zero-order valence-electron chi connectivity index (χ0n) is 11.5. The van der Waals surface area contributed by atoms with E-state index in [4.69, 9.17) is 0 Å². The van der Waals surface area contributed by atoms with Crippen molar-refractivity contribution < 1.29 is 8.42 Å². The summed E-state index contributed by atoms with van der Waals surface area (Å²) < 4.78 is 22.3. The zero-order valence-corrected chi connectivity index (χ0v) is 12.3. The van der Waals surface area contributed by atoms with Gasteiger partial charge in [-0.3, -0.25) is 0 Å². The molecule has 0 saturated carbocycles. The Labute approximate surface area is 110 Å². The average Bonchev–Trinajstić information content (AvgIpc) is 2.25. The molecule has 0 amide bonds. The standard InChI is InChI=1S/C13H22N2O2S/c1-11-9-12(10-14-2)5-6-13(11)15(3)7-8-18(4,16)17/h5-6,9,14H,7-8,10H2,1-4H3. The van der Waals surface area contributed by atoms with Gasteiger partial charge in [0.2, 0.25) is 0 Å². The molecular formula is C13H22N2O2S. The third-order valence-corrected chi connectivity index (χ3v) is 3.77. The number of rotatable bonds is 6. The topological polar surface area (TPSA) is 49.4 Å². The van der Waals surface area contributed by atoms with E-state index in [1.165, 1.54) is 17.4 Å². The van der Waals surface area contributed by atoms with Gasteiger partial charge in [-0.1, -0.05) is 12.1 Å². The van der Waals surface area contributed by atoms with Crippen molar-refractivity contribution in [3.05, 3.63) is 29.3 Å². The summed E-state index contributed by atoms with van der Waals surface area (Å²) in [5, 5.41) is 3.11. The van der Waals surface area contributed by atoms with Gasteiger partial charge in [0.05, 0.1) is 5.75 Å². The van der Waals surface area contributed by atoms with Gasteiger partial charge in [0, 0.05) is 32.1 Å². The Morgan fingerprint density at radius 1 is 1.33 bits per heavy atom. The van der Waals surface area contributed by atoms with Gasteiger partial charge in [-0.2, -0.15) is 0 Å². The molecule has 0 bridgehead atoms. The first-order valence-electron chi connectivity index (χ1n) is 5.96. The summed E-state index contributed by atoms with van der Waals surface area (Å²) in [4.78, 5) is 1.99. The monoisotopic (exact) mass is 270 g/mol. The summed E-state index contributed by atoms with van der Waals surface area (Å²) in [6.07, 6.45) is 1.27. The van der Waals surface area contributed by atoms with Gasteiger partial charge in [-0.15, -0.1) is 0 Å². The Balaban J connectivity index is 2.77. The molecule has 0 aliphatic carbocycles. The van der Waals surface area contributed by atoms with E-state index in [1.54, 1.807) is 0 Å². The Kier molecular flexibility index (Phi) is 5.16. The number of anilines is 1. The number of hydrogen-bond acceptors (Lipinski definition) is 4. The predicted molar refractivity (Wildman–Crippen MR) is 76.9 cm³/mol. The highest BCUT2D eigenvalue weighted by molar-refractivity contribution is 7.90. The highest BCUT2D eigenvalue weighted by atomic mass is 32.2. The molecule has 0 aromatic heterocycles. The molecular weight excluding hydrogens is 248 g/mol. The average molecular weight is 270 g/mol. The van der Waals surface area contributed by atoms with E-state index in [9.17, 15) is 8.42 Å². The Bertz CT molecular complexity index is 498. The maximum Gasteiger partial charge on any atom is 0.149 e. The molecule has 1 aromatic carbocycles. The van der Waals surface area contributed by atoms with Crippen molar-refractivity contribution in [2.24, 2.45) is 0 Å². The molecule has 1 aromatic rings. The van der Waals surface area contributed by atoms with E-state index in [2.05, 4.69) is 17.4 Å². The molecule has 0 aliphatic heterocycles. The lowest BCUT2D eigenvalue weighted by atomic mass is 10.1. The summed E-state index contributed by atoms with van der Waals surface area (Å²) in [5.41, 5.74) is 3.48. The van der Waals surface area contributed by atoms with Gasteiger partial charge >= 0.3 is 0 Å². The maximum atomic E-state index is 11.2. The van der Waals surface area contributed by atoms with E-state index in [0.717, 1.165) is 12.2 Å². The summed E-state index contributed by atoms with van der Waals surface area (Å²) in [5.74, 6) is 0.182. The molecule has 0 unspecified atom stereocenters. The zero-order chi connectivity index (χ0) is 13.8. The fourth-order valence-electron chi connectivity index (χ4n) is 1.88. The largest absolute Gasteiger partial charge is 0.373 e. The molecule has 18 heavy (non-hydrogen) atoms. The number of nitrogens with zero attached hydrogens (tertiary/aromatic N) is 1. The summed E-state index contributed by atoms with van der Waals surface area (Å²) in [7, 11) is 0.932. The fourth-order valence-corrected chi connectivity index (χ4v) is 2.49. The number of sulfone groups is 1. The number of aryl methyl sites for hydroxylation is 1. The predicted octanol–water partition coefficient (Wildman–Crippen LogP) is 1.20. The van der Waals surface area contributed by atoms with Crippen LogP contribution in [0.3, 0.4) is 0 Å². The van der Waals surface area contributed by atoms with E-state index in [-0.39, 0.29) is 5.75 Å². The van der Waals surface area contributed by atoms with Gasteiger partial charge in [0.1, 0.15) is 9.84 Å². The van der Waals surface area contributed by atoms with Gasteiger partial charge in [0.15, 0.2) is 0 Å². The maximum absolute atomic E-state index is 11.2. The third-order valence-electron chi connectivity index (χ3n) is 2.85. The quantitative estimate of drug-likeness (QED) is 0.844. The normalized spacial score (nSPS) is 11.6. The van der Waals surface area contributed by atoms with Crippen LogP contribution in [0.2, 0.25) is 0 Å². The minimum absolute atomic E-state index is 0.182. The lowest BCUT2D eigenvalue weighted by molar-refractivity contribution is 0.601. The number of hydrogen-bond donors (Lipinski definition) is 1. The second-order valence-corrected chi connectivity index (χ2v) is 6.96. The SMILES string of the molecule is CNCc1ccc(N(C)CCS(C)(=O)=O)c(C)c1. The molecule has 102 valence electrons. The molecule has 0 fully saturated rings. The Hall–Kier alpha value is -1.07. The summed E-state index contributed by atoms with van der Waals surface area (Å²) in [6.45, 7) is 3.41. The molecule has 1 rings (SSSR count). The molecule has 1 N–H and O–H groups in total.